The van der Waals surface area contributed by atoms with Gasteiger partial charge in [-0.15, -0.1) is 0 Å². The topological polar surface area (TPSA) is 94.2 Å². The van der Waals surface area contributed by atoms with Gasteiger partial charge in [-0.25, -0.2) is 0 Å². The number of rotatable bonds is 4. The van der Waals surface area contributed by atoms with Crippen LogP contribution in [0.25, 0.3) is 21.8 Å². The largest absolute Gasteiger partial charge is 0.331 e. The number of non-ortho nitro benzene ring substituents is 1. The van der Waals surface area contributed by atoms with E-state index in [0.717, 1.165) is 5.56 Å². The maximum absolute atomic E-state index is 12.9. The second-order valence-electron chi connectivity index (χ2n) is 6.81. The van der Waals surface area contributed by atoms with Crippen LogP contribution in [0.5, 0.6) is 0 Å². The van der Waals surface area contributed by atoms with Crippen LogP contribution in [0.4, 0.5) is 11.4 Å². The molecule has 29 heavy (non-hydrogen) atoms. The molecule has 7 nitrogen and oxygen atoms in total. The number of benzene rings is 3. The number of amides is 1. The minimum Gasteiger partial charge on any atom is -0.331 e. The van der Waals surface area contributed by atoms with Crippen molar-refractivity contribution >= 4 is 39.1 Å². The molecule has 144 valence electrons. The van der Waals surface area contributed by atoms with E-state index in [1.807, 2.05) is 31.2 Å². The Morgan fingerprint density at radius 3 is 2.41 bits per heavy atom. The van der Waals surface area contributed by atoms with Gasteiger partial charge in [-0.1, -0.05) is 29.8 Å². The summed E-state index contributed by atoms with van der Waals surface area (Å²) >= 11 is 0. The Bertz CT molecular complexity index is 1320. The van der Waals surface area contributed by atoms with Crippen LogP contribution in [0.1, 0.15) is 5.56 Å². The lowest BCUT2D eigenvalue weighted by Gasteiger charge is -2.15. The average molecular weight is 387 g/mol. The molecular formula is C22H17N3O4. The first-order valence-electron chi connectivity index (χ1n) is 9.00. The summed E-state index contributed by atoms with van der Waals surface area (Å²) in [4.78, 5) is 36.2. The molecule has 0 radical (unpaired) electrons. The number of anilines is 1. The standard InChI is InChI=1S/C22H17N3O4/c1-14-6-8-15(9-7-14)23-21(26)13-24-19-5-3-2-4-17(19)22(27)18-12-16(25(28)29)10-11-20(18)24/h2-12H,13H2,1H3,(H,23,26). The van der Waals surface area contributed by atoms with E-state index in [2.05, 4.69) is 5.32 Å². The Morgan fingerprint density at radius 1 is 1.00 bits per heavy atom. The van der Waals surface area contributed by atoms with E-state index in [1.54, 1.807) is 28.8 Å². The van der Waals surface area contributed by atoms with Gasteiger partial charge in [0.2, 0.25) is 5.91 Å². The third-order valence-corrected chi connectivity index (χ3v) is 4.80. The fourth-order valence-electron chi connectivity index (χ4n) is 3.38. The van der Waals surface area contributed by atoms with E-state index in [4.69, 9.17) is 0 Å². The lowest BCUT2D eigenvalue weighted by molar-refractivity contribution is -0.384. The predicted molar refractivity (Wildman–Crippen MR) is 112 cm³/mol. The van der Waals surface area contributed by atoms with E-state index < -0.39 is 4.92 Å². The van der Waals surface area contributed by atoms with E-state index >= 15 is 0 Å². The van der Waals surface area contributed by atoms with Crippen molar-refractivity contribution in [2.24, 2.45) is 0 Å². The normalized spacial score (nSPS) is 10.9. The zero-order chi connectivity index (χ0) is 20.5. The third-order valence-electron chi connectivity index (χ3n) is 4.80. The number of carbonyl (C=O) groups excluding carboxylic acids is 1. The number of pyridine rings is 1. The van der Waals surface area contributed by atoms with Crippen molar-refractivity contribution in [1.82, 2.24) is 4.57 Å². The molecule has 3 aromatic carbocycles. The van der Waals surface area contributed by atoms with Gasteiger partial charge in [-0.3, -0.25) is 19.7 Å². The van der Waals surface area contributed by atoms with Crippen LogP contribution in [-0.4, -0.2) is 15.4 Å². The Labute approximate surface area is 165 Å². The maximum Gasteiger partial charge on any atom is 0.270 e. The molecule has 4 aromatic rings. The highest BCUT2D eigenvalue weighted by Gasteiger charge is 2.16. The molecule has 1 N–H and O–H groups in total. The van der Waals surface area contributed by atoms with Gasteiger partial charge in [0, 0.05) is 23.2 Å². The zero-order valence-electron chi connectivity index (χ0n) is 15.6. The number of para-hydroxylation sites is 1. The molecular weight excluding hydrogens is 370 g/mol. The highest BCUT2D eigenvalue weighted by Crippen LogP contribution is 2.23. The Hall–Kier alpha value is -4.00. The van der Waals surface area contributed by atoms with Crippen LogP contribution in [0, 0.1) is 17.0 Å². The summed E-state index contributed by atoms with van der Waals surface area (Å²) in [6, 6.07) is 18.5. The van der Waals surface area contributed by atoms with Crippen molar-refractivity contribution in [2.75, 3.05) is 5.32 Å². The number of hydrogen-bond acceptors (Lipinski definition) is 4. The van der Waals surface area contributed by atoms with Crippen LogP contribution < -0.4 is 10.7 Å². The number of nitro groups is 1. The number of nitrogens with zero attached hydrogens (tertiary/aromatic N) is 2. The molecule has 4 rings (SSSR count). The van der Waals surface area contributed by atoms with Crippen molar-refractivity contribution in [3.63, 3.8) is 0 Å². The number of nitro benzene ring substituents is 1. The molecule has 0 saturated carbocycles. The Morgan fingerprint density at radius 2 is 1.69 bits per heavy atom. The van der Waals surface area contributed by atoms with Crippen molar-refractivity contribution in [1.29, 1.82) is 0 Å². The fourth-order valence-corrected chi connectivity index (χ4v) is 3.38. The first kappa shape index (κ1) is 18.4. The number of fused-ring (bicyclic) bond motifs is 2. The van der Waals surface area contributed by atoms with Gasteiger partial charge in [-0.2, -0.15) is 0 Å². The quantitative estimate of drug-likeness (QED) is 0.325. The number of aryl methyl sites for hydroxylation is 1. The number of aromatic nitrogens is 1. The minimum atomic E-state index is -0.539. The van der Waals surface area contributed by atoms with Crippen LogP contribution in [0.2, 0.25) is 0 Å². The SMILES string of the molecule is Cc1ccc(NC(=O)Cn2c3ccccc3c(=O)c3cc([N+](=O)[O-])ccc32)cc1. The molecule has 0 aliphatic heterocycles. The number of carbonyl (C=O) groups is 1. The summed E-state index contributed by atoms with van der Waals surface area (Å²) in [5, 5.41) is 14.6. The van der Waals surface area contributed by atoms with Gasteiger partial charge in [0.25, 0.3) is 5.69 Å². The second kappa shape index (κ2) is 7.20. The van der Waals surface area contributed by atoms with Crippen LogP contribution >= 0.6 is 0 Å². The van der Waals surface area contributed by atoms with Crippen LogP contribution in [0.3, 0.4) is 0 Å². The lowest BCUT2D eigenvalue weighted by Crippen LogP contribution is -2.21. The van der Waals surface area contributed by atoms with Gasteiger partial charge in [0.1, 0.15) is 6.54 Å². The van der Waals surface area contributed by atoms with Gasteiger partial charge >= 0.3 is 0 Å². The molecule has 1 amide bonds. The minimum absolute atomic E-state index is 0.0387. The molecule has 1 heterocycles. The van der Waals surface area contributed by atoms with Crippen molar-refractivity contribution in [2.45, 2.75) is 13.5 Å². The van der Waals surface area contributed by atoms with E-state index in [-0.39, 0.29) is 29.0 Å². The molecule has 0 atom stereocenters. The molecule has 0 aliphatic carbocycles. The summed E-state index contributed by atoms with van der Waals surface area (Å²) < 4.78 is 1.71. The Balaban J connectivity index is 1.84. The smallest absolute Gasteiger partial charge is 0.270 e. The molecule has 0 aliphatic rings. The summed E-state index contributed by atoms with van der Waals surface area (Å²) in [6.45, 7) is 1.92. The zero-order valence-corrected chi connectivity index (χ0v) is 15.6. The second-order valence-corrected chi connectivity index (χ2v) is 6.81. The average Bonchev–Trinajstić information content (AvgIpc) is 2.72. The van der Waals surface area contributed by atoms with E-state index in [9.17, 15) is 19.7 Å². The molecule has 7 heteroatoms. The summed E-state index contributed by atoms with van der Waals surface area (Å²) in [7, 11) is 0. The van der Waals surface area contributed by atoms with Gasteiger partial charge in [0.05, 0.1) is 21.3 Å². The monoisotopic (exact) mass is 387 g/mol. The molecule has 1 aromatic heterocycles. The van der Waals surface area contributed by atoms with E-state index in [0.29, 0.717) is 22.1 Å². The van der Waals surface area contributed by atoms with Crippen LogP contribution in [0.15, 0.2) is 71.5 Å². The molecule has 0 saturated heterocycles. The van der Waals surface area contributed by atoms with Crippen LogP contribution in [-0.2, 0) is 11.3 Å². The summed E-state index contributed by atoms with van der Waals surface area (Å²) in [5.74, 6) is -0.262. The predicted octanol–water partition coefficient (Wildman–Crippen LogP) is 4.01. The summed E-state index contributed by atoms with van der Waals surface area (Å²) in [5.41, 5.74) is 2.36. The highest BCUT2D eigenvalue weighted by molar-refractivity contribution is 5.97. The number of nitrogens with one attached hydrogen (secondary N) is 1. The molecule has 0 bridgehead atoms. The first-order valence-corrected chi connectivity index (χ1v) is 9.00. The Kier molecular flexibility index (Phi) is 4.56. The molecule has 0 unspecified atom stereocenters. The van der Waals surface area contributed by atoms with Crippen molar-refractivity contribution in [3.05, 3.63) is 92.6 Å². The van der Waals surface area contributed by atoms with Crippen molar-refractivity contribution in [3.8, 4) is 0 Å². The van der Waals surface area contributed by atoms with E-state index in [1.165, 1.54) is 18.2 Å². The van der Waals surface area contributed by atoms with Crippen molar-refractivity contribution < 1.29 is 9.72 Å². The lowest BCUT2D eigenvalue weighted by atomic mass is 10.1. The van der Waals surface area contributed by atoms with Gasteiger partial charge in [0.15, 0.2) is 5.43 Å². The van der Waals surface area contributed by atoms with Gasteiger partial charge in [-0.05, 0) is 37.3 Å². The fraction of sp³-hybridized carbons (Fsp3) is 0.0909. The molecule has 0 spiro atoms. The first-order chi connectivity index (χ1) is 13.9. The molecule has 0 fully saturated rings. The van der Waals surface area contributed by atoms with Gasteiger partial charge < -0.3 is 9.88 Å². The number of hydrogen-bond donors (Lipinski definition) is 1. The highest BCUT2D eigenvalue weighted by atomic mass is 16.6. The maximum atomic E-state index is 12.9. The summed E-state index contributed by atoms with van der Waals surface area (Å²) in [6.07, 6.45) is 0. The third kappa shape index (κ3) is 3.45.